The van der Waals surface area contributed by atoms with Crippen molar-refractivity contribution in [3.05, 3.63) is 10.6 Å². The Balaban J connectivity index is 1.88. The van der Waals surface area contributed by atoms with Crippen LogP contribution in [0.1, 0.15) is 15.4 Å². The first kappa shape index (κ1) is 10.0. The van der Waals surface area contributed by atoms with Gasteiger partial charge in [-0.25, -0.2) is 4.98 Å². The minimum atomic E-state index is 0.0262. The number of anilines is 1. The Morgan fingerprint density at radius 3 is 2.94 bits per heavy atom. The number of thiazole rings is 1. The molecule has 3 rings (SSSR count). The van der Waals surface area contributed by atoms with Crippen molar-refractivity contribution in [1.29, 1.82) is 0 Å². The van der Waals surface area contributed by atoms with Crippen molar-refractivity contribution in [3.63, 3.8) is 0 Å². The van der Waals surface area contributed by atoms with Crippen LogP contribution in [-0.4, -0.2) is 43.7 Å². The molecule has 0 aromatic carbocycles. The molecule has 0 spiro atoms. The zero-order chi connectivity index (χ0) is 11.0. The highest BCUT2D eigenvalue weighted by Gasteiger charge is 2.24. The fourth-order valence-corrected chi connectivity index (χ4v) is 3.03. The number of aromatic nitrogens is 1. The molecule has 1 aromatic rings. The molecule has 2 aliphatic rings. The summed E-state index contributed by atoms with van der Waals surface area (Å²) in [5.74, 6) is 0.0262. The van der Waals surface area contributed by atoms with Crippen molar-refractivity contribution in [2.75, 3.05) is 37.7 Å². The van der Waals surface area contributed by atoms with E-state index in [-0.39, 0.29) is 5.91 Å². The lowest BCUT2D eigenvalue weighted by Gasteiger charge is -2.25. The molecule has 2 aliphatic heterocycles. The fourth-order valence-electron chi connectivity index (χ4n) is 1.95. The Kier molecular flexibility index (Phi) is 2.53. The first-order valence-corrected chi connectivity index (χ1v) is 6.27. The smallest absolute Gasteiger partial charge is 0.263 e. The minimum Gasteiger partial charge on any atom is -0.378 e. The molecule has 16 heavy (non-hydrogen) atoms. The highest BCUT2D eigenvalue weighted by molar-refractivity contribution is 7.17. The van der Waals surface area contributed by atoms with Crippen molar-refractivity contribution in [3.8, 4) is 0 Å². The molecular formula is C10H13N3O2S. The summed E-state index contributed by atoms with van der Waals surface area (Å²) in [5.41, 5.74) is 0.954. The zero-order valence-corrected chi connectivity index (χ0v) is 9.68. The molecule has 5 nitrogen and oxygen atoms in total. The Morgan fingerprint density at radius 2 is 2.19 bits per heavy atom. The third-order valence-electron chi connectivity index (χ3n) is 2.82. The number of amides is 1. The molecule has 0 bridgehead atoms. The van der Waals surface area contributed by atoms with E-state index in [0.29, 0.717) is 6.54 Å². The second kappa shape index (κ2) is 4.03. The fraction of sp³-hybridized carbons (Fsp3) is 0.600. The molecule has 0 atom stereocenters. The summed E-state index contributed by atoms with van der Waals surface area (Å²) in [6.07, 6.45) is 0.849. The Hall–Kier alpha value is -1.14. The lowest BCUT2D eigenvalue weighted by atomic mass is 10.2. The van der Waals surface area contributed by atoms with Crippen LogP contribution in [0.5, 0.6) is 0 Å². The van der Waals surface area contributed by atoms with Gasteiger partial charge in [0, 0.05) is 26.1 Å². The SMILES string of the molecule is O=C1NCCc2nc(N3CCOCC3)sc21. The highest BCUT2D eigenvalue weighted by Crippen LogP contribution is 2.28. The number of hydrogen-bond donors (Lipinski definition) is 1. The summed E-state index contributed by atoms with van der Waals surface area (Å²) in [7, 11) is 0. The maximum absolute atomic E-state index is 11.6. The number of ether oxygens (including phenoxy) is 1. The molecule has 6 heteroatoms. The normalized spacial score (nSPS) is 20.5. The van der Waals surface area contributed by atoms with E-state index in [1.165, 1.54) is 11.3 Å². The highest BCUT2D eigenvalue weighted by atomic mass is 32.1. The average molecular weight is 239 g/mol. The molecule has 0 unspecified atom stereocenters. The summed E-state index contributed by atoms with van der Waals surface area (Å²) >= 11 is 1.50. The third kappa shape index (κ3) is 1.68. The molecule has 1 saturated heterocycles. The summed E-state index contributed by atoms with van der Waals surface area (Å²) in [4.78, 5) is 19.1. The summed E-state index contributed by atoms with van der Waals surface area (Å²) < 4.78 is 5.30. The number of carbonyl (C=O) groups excluding carboxylic acids is 1. The number of rotatable bonds is 1. The van der Waals surface area contributed by atoms with Crippen LogP contribution in [-0.2, 0) is 11.2 Å². The Morgan fingerprint density at radius 1 is 1.38 bits per heavy atom. The molecule has 1 fully saturated rings. The quantitative estimate of drug-likeness (QED) is 0.764. The first-order chi connectivity index (χ1) is 7.84. The van der Waals surface area contributed by atoms with E-state index in [9.17, 15) is 4.79 Å². The van der Waals surface area contributed by atoms with Gasteiger partial charge in [0.2, 0.25) is 0 Å². The van der Waals surface area contributed by atoms with Gasteiger partial charge in [-0.15, -0.1) is 0 Å². The van der Waals surface area contributed by atoms with E-state index in [1.54, 1.807) is 0 Å². The van der Waals surface area contributed by atoms with Crippen LogP contribution >= 0.6 is 11.3 Å². The van der Waals surface area contributed by atoms with Gasteiger partial charge in [0.1, 0.15) is 4.88 Å². The van der Waals surface area contributed by atoms with Crippen LogP contribution in [0.2, 0.25) is 0 Å². The van der Waals surface area contributed by atoms with Gasteiger partial charge in [-0.2, -0.15) is 0 Å². The number of hydrogen-bond acceptors (Lipinski definition) is 5. The molecule has 0 radical (unpaired) electrons. The predicted octanol–water partition coefficient (Wildman–Crippen LogP) is 0.266. The predicted molar refractivity (Wildman–Crippen MR) is 61.2 cm³/mol. The van der Waals surface area contributed by atoms with Crippen molar-refractivity contribution in [2.24, 2.45) is 0 Å². The number of fused-ring (bicyclic) bond motifs is 1. The Bertz CT molecular complexity index is 412. The van der Waals surface area contributed by atoms with Gasteiger partial charge in [0.15, 0.2) is 5.13 Å². The molecule has 86 valence electrons. The molecule has 0 aliphatic carbocycles. The van der Waals surface area contributed by atoms with Gasteiger partial charge in [0.25, 0.3) is 5.91 Å². The van der Waals surface area contributed by atoms with Crippen LogP contribution in [0.3, 0.4) is 0 Å². The van der Waals surface area contributed by atoms with Gasteiger partial charge < -0.3 is 15.0 Å². The van der Waals surface area contributed by atoms with Gasteiger partial charge in [-0.3, -0.25) is 4.79 Å². The number of morpholine rings is 1. The Labute approximate surface area is 97.4 Å². The van der Waals surface area contributed by atoms with E-state index in [2.05, 4.69) is 15.2 Å². The average Bonchev–Trinajstić information content (AvgIpc) is 2.76. The maximum atomic E-state index is 11.6. The molecule has 1 N–H and O–H groups in total. The van der Waals surface area contributed by atoms with Crippen LogP contribution < -0.4 is 10.2 Å². The van der Waals surface area contributed by atoms with E-state index in [4.69, 9.17) is 4.74 Å². The summed E-state index contributed by atoms with van der Waals surface area (Å²) in [6, 6.07) is 0. The number of nitrogens with one attached hydrogen (secondary N) is 1. The van der Waals surface area contributed by atoms with E-state index in [0.717, 1.165) is 48.4 Å². The van der Waals surface area contributed by atoms with Crippen molar-refractivity contribution < 1.29 is 9.53 Å². The second-order valence-corrected chi connectivity index (χ2v) is 4.86. The van der Waals surface area contributed by atoms with E-state index < -0.39 is 0 Å². The summed E-state index contributed by atoms with van der Waals surface area (Å²) in [5, 5.41) is 3.81. The molecule has 1 amide bonds. The second-order valence-electron chi connectivity index (χ2n) is 3.88. The van der Waals surface area contributed by atoms with Gasteiger partial charge >= 0.3 is 0 Å². The van der Waals surface area contributed by atoms with Crippen LogP contribution in [0.4, 0.5) is 5.13 Å². The number of nitrogens with zero attached hydrogens (tertiary/aromatic N) is 2. The van der Waals surface area contributed by atoms with Crippen LogP contribution in [0.25, 0.3) is 0 Å². The molecule has 3 heterocycles. The molecule has 0 saturated carbocycles. The van der Waals surface area contributed by atoms with Gasteiger partial charge in [-0.1, -0.05) is 11.3 Å². The topological polar surface area (TPSA) is 54.5 Å². The van der Waals surface area contributed by atoms with Crippen LogP contribution in [0.15, 0.2) is 0 Å². The monoisotopic (exact) mass is 239 g/mol. The first-order valence-electron chi connectivity index (χ1n) is 5.45. The maximum Gasteiger partial charge on any atom is 0.263 e. The van der Waals surface area contributed by atoms with Crippen LogP contribution in [0, 0.1) is 0 Å². The van der Waals surface area contributed by atoms with E-state index >= 15 is 0 Å². The van der Waals surface area contributed by atoms with E-state index in [1.807, 2.05) is 0 Å². The lowest BCUT2D eigenvalue weighted by molar-refractivity contribution is 0.0950. The number of carbonyl (C=O) groups is 1. The third-order valence-corrected chi connectivity index (χ3v) is 3.98. The van der Waals surface area contributed by atoms with Crippen molar-refractivity contribution in [1.82, 2.24) is 10.3 Å². The van der Waals surface area contributed by atoms with Gasteiger partial charge in [0.05, 0.1) is 18.9 Å². The van der Waals surface area contributed by atoms with Crippen molar-refractivity contribution >= 4 is 22.4 Å². The molecule has 1 aromatic heterocycles. The standard InChI is InChI=1S/C10H13N3O2S/c14-9-8-7(1-2-11-9)12-10(16-8)13-3-5-15-6-4-13/h1-6H2,(H,11,14). The zero-order valence-electron chi connectivity index (χ0n) is 8.86. The van der Waals surface area contributed by atoms with Crippen molar-refractivity contribution in [2.45, 2.75) is 6.42 Å². The largest absolute Gasteiger partial charge is 0.378 e. The lowest BCUT2D eigenvalue weighted by Crippen LogP contribution is -2.36. The molecular weight excluding hydrogens is 226 g/mol. The summed E-state index contributed by atoms with van der Waals surface area (Å²) in [6.45, 7) is 3.94. The minimum absolute atomic E-state index is 0.0262. The van der Waals surface area contributed by atoms with Gasteiger partial charge in [-0.05, 0) is 0 Å².